The van der Waals surface area contributed by atoms with E-state index in [2.05, 4.69) is 33.4 Å². The molecule has 13 heteroatoms. The van der Waals surface area contributed by atoms with E-state index in [1.807, 2.05) is 11.8 Å². The molecule has 0 bridgehead atoms. The molecule has 0 saturated carbocycles. The lowest BCUT2D eigenvalue weighted by Crippen LogP contribution is -2.36. The van der Waals surface area contributed by atoms with Crippen molar-refractivity contribution < 1.29 is 38.1 Å². The third-order valence-corrected chi connectivity index (χ3v) is 8.78. The Morgan fingerprint density at radius 2 is 1.50 bits per heavy atom. The van der Waals surface area contributed by atoms with Crippen LogP contribution in [0.15, 0.2) is 12.2 Å². The van der Waals surface area contributed by atoms with Crippen LogP contribution in [0.1, 0.15) is 57.8 Å². The number of thioether (sulfide) groups is 1. The highest BCUT2D eigenvalue weighted by Crippen LogP contribution is 2.33. The molecule has 0 spiro atoms. The van der Waals surface area contributed by atoms with Crippen molar-refractivity contribution in [2.45, 2.75) is 81.2 Å². The predicted molar refractivity (Wildman–Crippen MR) is 161 cm³/mol. The number of urea groups is 1. The van der Waals surface area contributed by atoms with Gasteiger partial charge in [0.15, 0.2) is 0 Å². The minimum atomic E-state index is -0.380. The lowest BCUT2D eigenvalue weighted by atomic mass is 10.0. The maximum Gasteiger partial charge on any atom is 0.407 e. The average molecular weight is 615 g/mol. The third kappa shape index (κ3) is 14.9. The molecular weight excluding hydrogens is 564 g/mol. The molecule has 4 unspecified atom stereocenters. The smallest absolute Gasteiger partial charge is 0.407 e. The number of carbonyl (C=O) groups excluding carboxylic acids is 3. The summed E-state index contributed by atoms with van der Waals surface area (Å²) in [6, 6.07) is 0.413. The molecule has 0 radical (unpaired) electrons. The van der Waals surface area contributed by atoms with Crippen LogP contribution in [-0.2, 0) is 28.5 Å². The zero-order chi connectivity index (χ0) is 29.7. The summed E-state index contributed by atoms with van der Waals surface area (Å²) in [7, 11) is 0. The molecule has 2 saturated heterocycles. The van der Waals surface area contributed by atoms with Crippen LogP contribution in [0.2, 0.25) is 0 Å². The molecule has 0 aromatic carbocycles. The van der Waals surface area contributed by atoms with Crippen molar-refractivity contribution in [3.05, 3.63) is 12.2 Å². The third-order valence-electron chi connectivity index (χ3n) is 7.27. The topological polar surface area (TPSA) is 145 Å². The first kappa shape index (κ1) is 34.4. The van der Waals surface area contributed by atoms with Gasteiger partial charge in [-0.1, -0.05) is 18.6 Å². The van der Waals surface area contributed by atoms with E-state index in [0.29, 0.717) is 77.6 Å². The number of unbranched alkanes of at least 4 members (excludes halogenated alkanes) is 1. The number of amides is 4. The normalized spacial score (nSPS) is 24.1. The first-order valence-electron chi connectivity index (χ1n) is 15.5. The maximum atomic E-state index is 12.0. The van der Waals surface area contributed by atoms with Crippen molar-refractivity contribution in [3.63, 3.8) is 0 Å². The molecule has 240 valence electrons. The Bertz CT molecular complexity index is 821. The first-order valence-corrected chi connectivity index (χ1v) is 16.5. The highest BCUT2D eigenvalue weighted by Gasteiger charge is 2.42. The number of carbonyl (C=O) groups is 3. The van der Waals surface area contributed by atoms with E-state index in [-0.39, 0.29) is 36.2 Å². The molecule has 3 rings (SSSR count). The average Bonchev–Trinajstić information content (AvgIpc) is 3.51. The Hall–Kier alpha value is -2.06. The fraction of sp³-hybridized carbons (Fsp3) is 0.828. The van der Waals surface area contributed by atoms with E-state index in [0.717, 1.165) is 57.1 Å². The fourth-order valence-corrected chi connectivity index (χ4v) is 6.59. The van der Waals surface area contributed by atoms with Crippen molar-refractivity contribution >= 4 is 29.8 Å². The number of fused-ring (bicyclic) bond motifs is 1. The molecule has 42 heavy (non-hydrogen) atoms. The molecule has 4 atom stereocenters. The Balaban J connectivity index is 0.989. The molecule has 2 aliphatic heterocycles. The molecule has 4 N–H and O–H groups in total. The molecule has 0 aromatic heterocycles. The Morgan fingerprint density at radius 1 is 0.833 bits per heavy atom. The van der Waals surface area contributed by atoms with Crippen molar-refractivity contribution in [1.82, 2.24) is 21.3 Å². The minimum Gasteiger partial charge on any atom is -0.446 e. The Kier molecular flexibility index (Phi) is 17.7. The largest absolute Gasteiger partial charge is 0.446 e. The summed E-state index contributed by atoms with van der Waals surface area (Å²) >= 11 is 1.90. The van der Waals surface area contributed by atoms with Gasteiger partial charge in [0, 0.05) is 30.5 Å². The van der Waals surface area contributed by atoms with Gasteiger partial charge in [0.05, 0.1) is 64.9 Å². The van der Waals surface area contributed by atoms with Gasteiger partial charge in [-0.05, 0) is 44.9 Å². The van der Waals surface area contributed by atoms with Crippen LogP contribution in [0, 0.1) is 0 Å². The predicted octanol–water partition coefficient (Wildman–Crippen LogP) is 2.51. The number of allylic oxidation sites excluding steroid dienone is 2. The quantitative estimate of drug-likeness (QED) is 0.0871. The molecule has 2 fully saturated rings. The highest BCUT2D eigenvalue weighted by atomic mass is 32.2. The summed E-state index contributed by atoms with van der Waals surface area (Å²) in [4.78, 5) is 35.3. The molecule has 12 nitrogen and oxygen atoms in total. The second-order valence-electron chi connectivity index (χ2n) is 10.6. The van der Waals surface area contributed by atoms with Gasteiger partial charge in [0.25, 0.3) is 0 Å². The maximum absolute atomic E-state index is 12.0. The van der Waals surface area contributed by atoms with Gasteiger partial charge in [0.2, 0.25) is 5.91 Å². The van der Waals surface area contributed by atoms with Gasteiger partial charge in [0.1, 0.15) is 6.10 Å². The van der Waals surface area contributed by atoms with Gasteiger partial charge in [-0.2, -0.15) is 11.8 Å². The van der Waals surface area contributed by atoms with E-state index in [1.54, 1.807) is 0 Å². The lowest BCUT2D eigenvalue weighted by molar-refractivity contribution is -0.121. The van der Waals surface area contributed by atoms with Gasteiger partial charge in [-0.3, -0.25) is 4.79 Å². The summed E-state index contributed by atoms with van der Waals surface area (Å²) in [5, 5.41) is 12.0. The Labute approximate surface area is 254 Å². The fourth-order valence-electron chi connectivity index (χ4n) is 5.05. The number of hydrogen-bond donors (Lipinski definition) is 4. The molecular formula is C29H50N4O8S. The van der Waals surface area contributed by atoms with Gasteiger partial charge in [-0.25, -0.2) is 9.59 Å². The van der Waals surface area contributed by atoms with Crippen molar-refractivity contribution in [2.75, 3.05) is 71.7 Å². The zero-order valence-corrected chi connectivity index (χ0v) is 25.6. The van der Waals surface area contributed by atoms with E-state index >= 15 is 0 Å². The van der Waals surface area contributed by atoms with E-state index in [1.165, 1.54) is 0 Å². The second kappa shape index (κ2) is 21.6. The molecule has 3 aliphatic rings. The van der Waals surface area contributed by atoms with Gasteiger partial charge in [-0.15, -0.1) is 0 Å². The second-order valence-corrected chi connectivity index (χ2v) is 11.9. The first-order chi connectivity index (χ1) is 20.6. The van der Waals surface area contributed by atoms with Crippen LogP contribution in [0.5, 0.6) is 0 Å². The zero-order valence-electron chi connectivity index (χ0n) is 24.8. The number of nitrogens with one attached hydrogen (secondary N) is 4. The number of rotatable bonds is 21. The van der Waals surface area contributed by atoms with Crippen LogP contribution in [0.3, 0.4) is 0 Å². The number of alkyl carbamates (subject to hydrolysis) is 1. The summed E-state index contributed by atoms with van der Waals surface area (Å²) < 4.78 is 27.4. The monoisotopic (exact) mass is 614 g/mol. The Morgan fingerprint density at radius 3 is 2.24 bits per heavy atom. The van der Waals surface area contributed by atoms with Crippen LogP contribution < -0.4 is 21.3 Å². The van der Waals surface area contributed by atoms with E-state index < -0.39 is 0 Å². The summed E-state index contributed by atoms with van der Waals surface area (Å²) in [5.41, 5.74) is 0. The van der Waals surface area contributed by atoms with Gasteiger partial charge >= 0.3 is 12.1 Å². The molecule has 4 amide bonds. The highest BCUT2D eigenvalue weighted by molar-refractivity contribution is 8.00. The summed E-state index contributed by atoms with van der Waals surface area (Å²) in [6.45, 7) is 4.48. The van der Waals surface area contributed by atoms with Crippen molar-refractivity contribution in [3.8, 4) is 0 Å². The van der Waals surface area contributed by atoms with Crippen LogP contribution >= 0.6 is 11.8 Å². The van der Waals surface area contributed by atoms with Crippen LogP contribution in [0.4, 0.5) is 9.59 Å². The molecule has 1 aliphatic carbocycles. The standard InChI is InChI=1S/C29H50N4O8S/c34-26(11-7-6-10-25-27-24(22-42-25)32-28(35)33-27)30-12-14-37-16-18-39-20-21-40-19-17-38-15-13-31-29(36)41-23-8-4-2-1-3-5-9-23/h1-2,23-25,27H,3-22H2,(H,30,34)(H,31,36)(H2,32,33,35)/b2-1-. The van der Waals surface area contributed by atoms with Crippen LogP contribution in [0.25, 0.3) is 0 Å². The summed E-state index contributed by atoms with van der Waals surface area (Å²) in [6.07, 6.45) is 12.1. The SMILES string of the molecule is O=C(CCCCC1SCC2NC(=O)NC21)NCCOCCOCCOCCOCCNC(=O)OC1CC/C=C\CCC1. The number of hydrogen-bond acceptors (Lipinski definition) is 9. The minimum absolute atomic E-state index is 0.00938. The number of ether oxygens (including phenoxy) is 5. The molecule has 2 heterocycles. The van der Waals surface area contributed by atoms with Gasteiger partial charge < -0.3 is 45.0 Å². The molecule has 0 aromatic rings. The van der Waals surface area contributed by atoms with E-state index in [9.17, 15) is 14.4 Å². The van der Waals surface area contributed by atoms with Crippen molar-refractivity contribution in [1.29, 1.82) is 0 Å². The lowest BCUT2D eigenvalue weighted by Gasteiger charge is -2.18. The van der Waals surface area contributed by atoms with E-state index in [4.69, 9.17) is 23.7 Å². The van der Waals surface area contributed by atoms with Crippen molar-refractivity contribution in [2.24, 2.45) is 0 Å². The van der Waals surface area contributed by atoms with Crippen LogP contribution in [-0.4, -0.2) is 113 Å². The summed E-state index contributed by atoms with van der Waals surface area (Å²) in [5.74, 6) is 1.00.